The number of carbonyl (C=O) groups excluding carboxylic acids is 1. The second-order valence-corrected chi connectivity index (χ2v) is 4.73. The Hall–Kier alpha value is -1.49. The molecule has 0 bridgehead atoms. The van der Waals surface area contributed by atoms with Crippen molar-refractivity contribution in [3.05, 3.63) is 23.8 Å². The minimum absolute atomic E-state index is 0.0852. The number of hydrogen-bond donors (Lipinski definition) is 1. The number of amides is 1. The van der Waals surface area contributed by atoms with E-state index in [1.165, 1.54) is 6.42 Å². The first kappa shape index (κ1) is 13.0. The molecule has 18 heavy (non-hydrogen) atoms. The normalized spacial score (nSPS) is 20.0. The molecule has 2 rings (SSSR count). The van der Waals surface area contributed by atoms with Crippen LogP contribution in [0.2, 0.25) is 0 Å². The van der Waals surface area contributed by atoms with Gasteiger partial charge >= 0.3 is 0 Å². The molecule has 0 radical (unpaired) electrons. The van der Waals surface area contributed by atoms with Gasteiger partial charge in [-0.1, -0.05) is 6.92 Å². The van der Waals surface area contributed by atoms with Gasteiger partial charge < -0.3 is 10.2 Å². The fraction of sp³-hybridized carbons (Fsp3) is 0.615. The highest BCUT2D eigenvalue weighted by atomic mass is 16.1. The summed E-state index contributed by atoms with van der Waals surface area (Å²) in [7, 11) is 2.10. The fourth-order valence-corrected chi connectivity index (χ4v) is 2.20. The minimum atomic E-state index is -0.0852. The first-order valence-corrected chi connectivity index (χ1v) is 6.50. The molecule has 1 aromatic heterocycles. The van der Waals surface area contributed by atoms with Gasteiger partial charge in [0, 0.05) is 31.4 Å². The van der Waals surface area contributed by atoms with E-state index in [-0.39, 0.29) is 5.91 Å². The third kappa shape index (κ3) is 3.04. The van der Waals surface area contributed by atoms with Gasteiger partial charge in [0.05, 0.1) is 5.56 Å². The van der Waals surface area contributed by atoms with E-state index < -0.39 is 0 Å². The highest BCUT2D eigenvalue weighted by molar-refractivity contribution is 5.93. The molecule has 0 spiro atoms. The molecular weight excluding hydrogens is 228 g/mol. The zero-order chi connectivity index (χ0) is 13.0. The van der Waals surface area contributed by atoms with Crippen molar-refractivity contribution in [2.24, 2.45) is 0 Å². The van der Waals surface area contributed by atoms with E-state index in [1.807, 2.05) is 6.92 Å². The maximum absolute atomic E-state index is 11.9. The zero-order valence-electron chi connectivity index (χ0n) is 11.0. The van der Waals surface area contributed by atoms with Crippen LogP contribution in [0.5, 0.6) is 0 Å². The van der Waals surface area contributed by atoms with E-state index in [0.717, 1.165) is 25.2 Å². The number of hydrogen-bond acceptors (Lipinski definition) is 4. The molecule has 2 heterocycles. The second kappa shape index (κ2) is 5.91. The summed E-state index contributed by atoms with van der Waals surface area (Å²) in [6.45, 7) is 3.81. The summed E-state index contributed by atoms with van der Waals surface area (Å²) in [5, 5.41) is 2.95. The van der Waals surface area contributed by atoms with E-state index in [1.54, 1.807) is 12.4 Å². The number of rotatable bonds is 4. The molecule has 0 aliphatic carbocycles. The van der Waals surface area contributed by atoms with Gasteiger partial charge in [0.15, 0.2) is 0 Å². The SMILES string of the molecule is CCc1ncc(C(=O)NCC2CCCN2C)cn1. The maximum Gasteiger partial charge on any atom is 0.254 e. The van der Waals surface area contributed by atoms with Gasteiger partial charge in [-0.3, -0.25) is 4.79 Å². The number of aryl methyl sites for hydroxylation is 1. The first-order chi connectivity index (χ1) is 8.70. The summed E-state index contributed by atoms with van der Waals surface area (Å²) in [5.41, 5.74) is 0.535. The molecule has 5 nitrogen and oxygen atoms in total. The quantitative estimate of drug-likeness (QED) is 0.858. The summed E-state index contributed by atoms with van der Waals surface area (Å²) in [4.78, 5) is 22.4. The van der Waals surface area contributed by atoms with Crippen molar-refractivity contribution in [2.75, 3.05) is 20.1 Å². The number of nitrogens with one attached hydrogen (secondary N) is 1. The van der Waals surface area contributed by atoms with Gasteiger partial charge in [-0.25, -0.2) is 9.97 Å². The summed E-state index contributed by atoms with van der Waals surface area (Å²) in [6.07, 6.45) is 6.35. The molecule has 1 fully saturated rings. The molecule has 1 saturated heterocycles. The third-order valence-corrected chi connectivity index (χ3v) is 3.45. The third-order valence-electron chi connectivity index (χ3n) is 3.45. The van der Waals surface area contributed by atoms with Crippen LogP contribution in [0.15, 0.2) is 12.4 Å². The van der Waals surface area contributed by atoms with E-state index in [9.17, 15) is 4.79 Å². The van der Waals surface area contributed by atoms with Crippen LogP contribution in [-0.4, -0.2) is 47.0 Å². The average molecular weight is 248 g/mol. The van der Waals surface area contributed by atoms with Gasteiger partial charge in [-0.2, -0.15) is 0 Å². The van der Waals surface area contributed by atoms with Crippen molar-refractivity contribution in [3.63, 3.8) is 0 Å². The highest BCUT2D eigenvalue weighted by Crippen LogP contribution is 2.13. The molecule has 1 N–H and O–H groups in total. The van der Waals surface area contributed by atoms with E-state index in [0.29, 0.717) is 18.2 Å². The van der Waals surface area contributed by atoms with Gasteiger partial charge in [-0.05, 0) is 26.4 Å². The van der Waals surface area contributed by atoms with Crippen LogP contribution in [0.4, 0.5) is 0 Å². The molecule has 1 aliphatic heterocycles. The van der Waals surface area contributed by atoms with Crippen molar-refractivity contribution in [1.29, 1.82) is 0 Å². The smallest absolute Gasteiger partial charge is 0.254 e. The molecular formula is C13H20N4O. The Kier molecular flexibility index (Phi) is 4.25. The zero-order valence-corrected chi connectivity index (χ0v) is 11.0. The monoisotopic (exact) mass is 248 g/mol. The molecule has 1 atom stereocenters. The molecule has 0 saturated carbocycles. The number of nitrogens with zero attached hydrogens (tertiary/aromatic N) is 3. The number of likely N-dealkylation sites (N-methyl/N-ethyl adjacent to an activating group) is 1. The Bertz CT molecular complexity index is 404. The Balaban J connectivity index is 1.87. The van der Waals surface area contributed by atoms with Crippen molar-refractivity contribution < 1.29 is 4.79 Å². The van der Waals surface area contributed by atoms with Crippen LogP contribution in [0.3, 0.4) is 0 Å². The Morgan fingerprint density at radius 1 is 1.50 bits per heavy atom. The molecule has 1 aromatic rings. The average Bonchev–Trinajstić information content (AvgIpc) is 2.81. The van der Waals surface area contributed by atoms with Crippen LogP contribution in [0.25, 0.3) is 0 Å². The summed E-state index contributed by atoms with van der Waals surface area (Å²) in [5.74, 6) is 0.681. The lowest BCUT2D eigenvalue weighted by Crippen LogP contribution is -2.38. The molecule has 1 aliphatic rings. The largest absolute Gasteiger partial charge is 0.350 e. The summed E-state index contributed by atoms with van der Waals surface area (Å²) in [6, 6.07) is 0.463. The van der Waals surface area contributed by atoms with Crippen LogP contribution in [0.1, 0.15) is 35.9 Å². The Morgan fingerprint density at radius 3 is 2.78 bits per heavy atom. The lowest BCUT2D eigenvalue weighted by atomic mass is 10.2. The van der Waals surface area contributed by atoms with Gasteiger partial charge in [0.1, 0.15) is 5.82 Å². The maximum atomic E-state index is 11.9. The molecule has 1 unspecified atom stereocenters. The van der Waals surface area contributed by atoms with Crippen molar-refractivity contribution in [2.45, 2.75) is 32.2 Å². The molecule has 1 amide bonds. The minimum Gasteiger partial charge on any atom is -0.350 e. The Labute approximate surface area is 108 Å². The van der Waals surface area contributed by atoms with Crippen LogP contribution < -0.4 is 5.32 Å². The molecule has 0 aromatic carbocycles. The van der Waals surface area contributed by atoms with Crippen molar-refractivity contribution in [3.8, 4) is 0 Å². The Morgan fingerprint density at radius 2 is 2.22 bits per heavy atom. The topological polar surface area (TPSA) is 58.1 Å². The standard InChI is InChI=1S/C13H20N4O/c1-3-12-14-7-10(8-15-12)13(18)16-9-11-5-4-6-17(11)2/h7-8,11H,3-6,9H2,1-2H3,(H,16,18). The van der Waals surface area contributed by atoms with Crippen LogP contribution in [0, 0.1) is 0 Å². The number of likely N-dealkylation sites (tertiary alicyclic amines) is 1. The predicted octanol–water partition coefficient (Wildman–Crippen LogP) is 0.863. The molecule has 5 heteroatoms. The van der Waals surface area contributed by atoms with Crippen LogP contribution in [-0.2, 0) is 6.42 Å². The van der Waals surface area contributed by atoms with Gasteiger partial charge in [-0.15, -0.1) is 0 Å². The second-order valence-electron chi connectivity index (χ2n) is 4.73. The summed E-state index contributed by atoms with van der Waals surface area (Å²) >= 11 is 0. The van der Waals surface area contributed by atoms with Gasteiger partial charge in [0.2, 0.25) is 0 Å². The lowest BCUT2D eigenvalue weighted by Gasteiger charge is -2.19. The van der Waals surface area contributed by atoms with Crippen LogP contribution >= 0.6 is 0 Å². The number of carbonyl (C=O) groups is 1. The predicted molar refractivity (Wildman–Crippen MR) is 69.4 cm³/mol. The first-order valence-electron chi connectivity index (χ1n) is 6.50. The van der Waals surface area contributed by atoms with E-state index >= 15 is 0 Å². The summed E-state index contributed by atoms with van der Waals surface area (Å²) < 4.78 is 0. The lowest BCUT2D eigenvalue weighted by molar-refractivity contribution is 0.0943. The highest BCUT2D eigenvalue weighted by Gasteiger charge is 2.21. The molecule has 98 valence electrons. The van der Waals surface area contributed by atoms with E-state index in [2.05, 4.69) is 27.2 Å². The fourth-order valence-electron chi connectivity index (χ4n) is 2.20. The number of aromatic nitrogens is 2. The van der Waals surface area contributed by atoms with Crippen molar-refractivity contribution in [1.82, 2.24) is 20.2 Å². The van der Waals surface area contributed by atoms with E-state index in [4.69, 9.17) is 0 Å². The van der Waals surface area contributed by atoms with Gasteiger partial charge in [0.25, 0.3) is 5.91 Å². The van der Waals surface area contributed by atoms with Crippen molar-refractivity contribution >= 4 is 5.91 Å².